The Morgan fingerprint density at radius 1 is 1.12 bits per heavy atom. The molecule has 3 heteroatoms. The molecule has 16 heavy (non-hydrogen) atoms. The zero-order chi connectivity index (χ0) is 12.0. The summed E-state index contributed by atoms with van der Waals surface area (Å²) in [6.07, 6.45) is 0. The minimum absolute atomic E-state index is 0.335. The molecule has 0 spiro atoms. The smallest absolute Gasteiger partial charge is 0.124 e. The molecule has 0 amide bonds. The molecule has 0 fully saturated rings. The van der Waals surface area contributed by atoms with Crippen LogP contribution in [0.25, 0.3) is 0 Å². The number of aryl methyl sites for hydroxylation is 2. The topological polar surface area (TPSA) is 38.7 Å². The molecule has 0 saturated heterocycles. The predicted octanol–water partition coefficient (Wildman–Crippen LogP) is 2.56. The summed E-state index contributed by atoms with van der Waals surface area (Å²) < 4.78 is 10.6. The molecule has 0 heterocycles. The first kappa shape index (κ1) is 13.0. The van der Waals surface area contributed by atoms with Gasteiger partial charge in [-0.15, -0.1) is 0 Å². The van der Waals surface area contributed by atoms with E-state index in [1.807, 2.05) is 32.9 Å². The van der Waals surface area contributed by atoms with Crippen molar-refractivity contribution in [2.24, 2.45) is 0 Å². The van der Waals surface area contributed by atoms with Crippen LogP contribution in [-0.2, 0) is 16.1 Å². The van der Waals surface area contributed by atoms with Crippen molar-refractivity contribution in [2.75, 3.05) is 19.8 Å². The molecular weight excluding hydrogens is 204 g/mol. The molecule has 0 aliphatic carbocycles. The standard InChI is InChI=1S/C13H20O3/c1-4-15-5-6-16-9-12-8-10(2)7-11(3)13(12)14/h7-8,14H,4-6,9H2,1-3H3. The van der Waals surface area contributed by atoms with Crippen LogP contribution in [0.3, 0.4) is 0 Å². The summed E-state index contributed by atoms with van der Waals surface area (Å²) in [5.74, 6) is 0.335. The van der Waals surface area contributed by atoms with Gasteiger partial charge < -0.3 is 14.6 Å². The highest BCUT2D eigenvalue weighted by Crippen LogP contribution is 2.24. The molecule has 0 aliphatic rings. The molecule has 1 aromatic carbocycles. The minimum atomic E-state index is 0.335. The van der Waals surface area contributed by atoms with Crippen molar-refractivity contribution < 1.29 is 14.6 Å². The molecule has 1 aromatic rings. The highest BCUT2D eigenvalue weighted by Gasteiger charge is 2.05. The second-order valence-electron chi connectivity index (χ2n) is 3.84. The molecule has 3 nitrogen and oxygen atoms in total. The van der Waals surface area contributed by atoms with Gasteiger partial charge in [0.05, 0.1) is 19.8 Å². The van der Waals surface area contributed by atoms with E-state index >= 15 is 0 Å². The highest BCUT2D eigenvalue weighted by molar-refractivity contribution is 5.42. The van der Waals surface area contributed by atoms with E-state index in [1.165, 1.54) is 0 Å². The van der Waals surface area contributed by atoms with E-state index in [0.717, 1.165) is 16.7 Å². The maximum absolute atomic E-state index is 9.81. The Bertz CT molecular complexity index is 334. The molecule has 0 atom stereocenters. The van der Waals surface area contributed by atoms with Crippen LogP contribution in [-0.4, -0.2) is 24.9 Å². The Balaban J connectivity index is 2.47. The molecular formula is C13H20O3. The van der Waals surface area contributed by atoms with Gasteiger partial charge in [-0.3, -0.25) is 0 Å². The van der Waals surface area contributed by atoms with Crippen LogP contribution in [0, 0.1) is 13.8 Å². The number of phenolic OH excluding ortho intramolecular Hbond substituents is 1. The lowest BCUT2D eigenvalue weighted by Crippen LogP contribution is -2.04. The lowest BCUT2D eigenvalue weighted by Gasteiger charge is -2.09. The summed E-state index contributed by atoms with van der Waals surface area (Å²) in [5.41, 5.74) is 2.87. The Morgan fingerprint density at radius 3 is 2.50 bits per heavy atom. The molecule has 0 radical (unpaired) electrons. The molecule has 1 N–H and O–H groups in total. The van der Waals surface area contributed by atoms with Gasteiger partial charge >= 0.3 is 0 Å². The number of hydrogen-bond acceptors (Lipinski definition) is 3. The lowest BCUT2D eigenvalue weighted by atomic mass is 10.1. The van der Waals surface area contributed by atoms with Crippen LogP contribution in [0.4, 0.5) is 0 Å². The number of aromatic hydroxyl groups is 1. The maximum atomic E-state index is 9.81. The van der Waals surface area contributed by atoms with Crippen LogP contribution in [0.15, 0.2) is 12.1 Å². The van der Waals surface area contributed by atoms with Gasteiger partial charge in [0.25, 0.3) is 0 Å². The Kier molecular flexibility index (Phi) is 5.29. The van der Waals surface area contributed by atoms with Gasteiger partial charge in [0.15, 0.2) is 0 Å². The summed E-state index contributed by atoms with van der Waals surface area (Å²) in [6, 6.07) is 3.90. The second kappa shape index (κ2) is 6.51. The SMILES string of the molecule is CCOCCOCc1cc(C)cc(C)c1O. The molecule has 0 aliphatic heterocycles. The second-order valence-corrected chi connectivity index (χ2v) is 3.84. The van der Waals surface area contributed by atoms with Gasteiger partial charge in [0.1, 0.15) is 5.75 Å². The quantitative estimate of drug-likeness (QED) is 0.755. The van der Waals surface area contributed by atoms with Gasteiger partial charge in [-0.1, -0.05) is 17.7 Å². The van der Waals surface area contributed by atoms with Crippen molar-refractivity contribution in [2.45, 2.75) is 27.4 Å². The first-order valence-corrected chi connectivity index (χ1v) is 5.59. The summed E-state index contributed by atoms with van der Waals surface area (Å²) in [6.45, 7) is 8.15. The Labute approximate surface area is 97.0 Å². The van der Waals surface area contributed by atoms with Gasteiger partial charge in [-0.25, -0.2) is 0 Å². The van der Waals surface area contributed by atoms with E-state index < -0.39 is 0 Å². The van der Waals surface area contributed by atoms with Gasteiger partial charge in [-0.2, -0.15) is 0 Å². The van der Waals surface area contributed by atoms with Crippen molar-refractivity contribution in [1.29, 1.82) is 0 Å². The predicted molar refractivity (Wildman–Crippen MR) is 63.7 cm³/mol. The van der Waals surface area contributed by atoms with Gasteiger partial charge in [0, 0.05) is 12.2 Å². The van der Waals surface area contributed by atoms with Crippen LogP contribution < -0.4 is 0 Å². The first-order chi connectivity index (χ1) is 7.65. The number of rotatable bonds is 6. The zero-order valence-electron chi connectivity index (χ0n) is 10.2. The molecule has 0 aromatic heterocycles. The molecule has 90 valence electrons. The fraction of sp³-hybridized carbons (Fsp3) is 0.538. The number of phenols is 1. The average molecular weight is 224 g/mol. The number of benzene rings is 1. The largest absolute Gasteiger partial charge is 0.507 e. The number of ether oxygens (including phenoxy) is 2. The van der Waals surface area contributed by atoms with Crippen LogP contribution in [0.2, 0.25) is 0 Å². The molecule has 0 saturated carbocycles. The third-order valence-electron chi connectivity index (χ3n) is 2.36. The Morgan fingerprint density at radius 2 is 1.81 bits per heavy atom. The highest BCUT2D eigenvalue weighted by atomic mass is 16.5. The first-order valence-electron chi connectivity index (χ1n) is 5.59. The zero-order valence-corrected chi connectivity index (χ0v) is 10.2. The van der Waals surface area contributed by atoms with Crippen molar-refractivity contribution in [3.05, 3.63) is 28.8 Å². The van der Waals surface area contributed by atoms with Crippen molar-refractivity contribution >= 4 is 0 Å². The van der Waals surface area contributed by atoms with E-state index in [0.29, 0.717) is 32.2 Å². The third kappa shape index (κ3) is 3.83. The Hall–Kier alpha value is -1.06. The van der Waals surface area contributed by atoms with E-state index in [1.54, 1.807) is 0 Å². The van der Waals surface area contributed by atoms with Crippen LogP contribution >= 0.6 is 0 Å². The van der Waals surface area contributed by atoms with Crippen LogP contribution in [0.1, 0.15) is 23.6 Å². The fourth-order valence-corrected chi connectivity index (χ4v) is 1.60. The normalized spacial score (nSPS) is 10.7. The van der Waals surface area contributed by atoms with Crippen molar-refractivity contribution in [3.8, 4) is 5.75 Å². The minimum Gasteiger partial charge on any atom is -0.507 e. The van der Waals surface area contributed by atoms with E-state index in [-0.39, 0.29) is 0 Å². The summed E-state index contributed by atoms with van der Waals surface area (Å²) in [5, 5.41) is 9.81. The van der Waals surface area contributed by atoms with Crippen molar-refractivity contribution in [3.63, 3.8) is 0 Å². The van der Waals surface area contributed by atoms with Gasteiger partial charge in [0.2, 0.25) is 0 Å². The molecule has 0 bridgehead atoms. The van der Waals surface area contributed by atoms with Gasteiger partial charge in [-0.05, 0) is 26.3 Å². The maximum Gasteiger partial charge on any atom is 0.124 e. The lowest BCUT2D eigenvalue weighted by molar-refractivity contribution is 0.0446. The fourth-order valence-electron chi connectivity index (χ4n) is 1.60. The van der Waals surface area contributed by atoms with Crippen LogP contribution in [0.5, 0.6) is 5.75 Å². The monoisotopic (exact) mass is 224 g/mol. The van der Waals surface area contributed by atoms with E-state index in [9.17, 15) is 5.11 Å². The summed E-state index contributed by atoms with van der Waals surface area (Å²) >= 11 is 0. The van der Waals surface area contributed by atoms with E-state index in [4.69, 9.17) is 9.47 Å². The van der Waals surface area contributed by atoms with Crippen molar-refractivity contribution in [1.82, 2.24) is 0 Å². The van der Waals surface area contributed by atoms with E-state index in [2.05, 4.69) is 0 Å². The molecule has 1 rings (SSSR count). The molecule has 0 unspecified atom stereocenters. The summed E-state index contributed by atoms with van der Waals surface area (Å²) in [7, 11) is 0. The summed E-state index contributed by atoms with van der Waals surface area (Å²) in [4.78, 5) is 0. The average Bonchev–Trinajstić information content (AvgIpc) is 2.24. The number of hydrogen-bond donors (Lipinski definition) is 1. The third-order valence-corrected chi connectivity index (χ3v) is 2.36.